The highest BCUT2D eigenvalue weighted by Crippen LogP contribution is 2.31. The molecule has 0 radical (unpaired) electrons. The van der Waals surface area contributed by atoms with Crippen LogP contribution in [0.2, 0.25) is 0 Å². The van der Waals surface area contributed by atoms with Crippen molar-refractivity contribution in [3.63, 3.8) is 0 Å². The Bertz CT molecular complexity index is 934. The third-order valence-electron chi connectivity index (χ3n) is 5.35. The average Bonchev–Trinajstić information content (AvgIpc) is 3.05. The first-order chi connectivity index (χ1) is 12.5. The molecule has 4 N–H and O–H groups in total. The summed E-state index contributed by atoms with van der Waals surface area (Å²) in [7, 11) is 1.92. The van der Waals surface area contributed by atoms with Crippen LogP contribution in [0.5, 0.6) is 0 Å². The predicted octanol–water partition coefficient (Wildman–Crippen LogP) is 2.69. The van der Waals surface area contributed by atoms with Crippen LogP contribution in [0.15, 0.2) is 24.4 Å². The highest BCUT2D eigenvalue weighted by Gasteiger charge is 2.27. The maximum atomic E-state index is 6.23. The van der Waals surface area contributed by atoms with Gasteiger partial charge in [0.1, 0.15) is 11.3 Å². The van der Waals surface area contributed by atoms with Gasteiger partial charge in [-0.3, -0.25) is 5.10 Å². The molecule has 1 aliphatic rings. The zero-order valence-corrected chi connectivity index (χ0v) is 15.5. The summed E-state index contributed by atoms with van der Waals surface area (Å²) >= 11 is 0. The smallest absolute Gasteiger partial charge is 0.202 e. The van der Waals surface area contributed by atoms with Gasteiger partial charge in [0.2, 0.25) is 5.65 Å². The molecule has 0 atom stereocenters. The number of anilines is 2. The molecule has 1 fully saturated rings. The summed E-state index contributed by atoms with van der Waals surface area (Å²) in [5, 5.41) is 10.7. The molecule has 0 amide bonds. The van der Waals surface area contributed by atoms with Gasteiger partial charge < -0.3 is 16.0 Å². The molecule has 2 aromatic heterocycles. The fourth-order valence-electron chi connectivity index (χ4n) is 3.55. The number of nitrogens with two attached hydrogens (primary N) is 1. The first kappa shape index (κ1) is 16.8. The zero-order chi connectivity index (χ0) is 18.3. The summed E-state index contributed by atoms with van der Waals surface area (Å²) in [6.07, 6.45) is 3.75. The van der Waals surface area contributed by atoms with E-state index in [1.807, 2.05) is 19.3 Å². The molecule has 0 aliphatic carbocycles. The zero-order valence-electron chi connectivity index (χ0n) is 15.5. The minimum atomic E-state index is -0.0800. The lowest BCUT2D eigenvalue weighted by molar-refractivity contribution is 0.363. The third kappa shape index (κ3) is 2.88. The highest BCUT2D eigenvalue weighted by atomic mass is 15.2. The first-order valence-electron chi connectivity index (χ1n) is 9.01. The summed E-state index contributed by atoms with van der Waals surface area (Å²) < 4.78 is 0. The summed E-state index contributed by atoms with van der Waals surface area (Å²) in [5.74, 6) is 0.867. The number of fused-ring (bicyclic) bond motifs is 1. The van der Waals surface area contributed by atoms with Gasteiger partial charge in [-0.15, -0.1) is 0 Å². The van der Waals surface area contributed by atoms with Gasteiger partial charge in [0.05, 0.1) is 11.9 Å². The number of H-pyrrole nitrogens is 1. The second-order valence-electron chi connectivity index (χ2n) is 7.37. The second kappa shape index (κ2) is 6.25. The van der Waals surface area contributed by atoms with Gasteiger partial charge in [-0.05, 0) is 38.3 Å². The number of hydrogen-bond donors (Lipinski definition) is 3. The number of aromatic amines is 1. The van der Waals surface area contributed by atoms with Crippen molar-refractivity contribution in [3.8, 4) is 11.3 Å². The van der Waals surface area contributed by atoms with Crippen LogP contribution in [0.25, 0.3) is 22.4 Å². The van der Waals surface area contributed by atoms with E-state index in [1.54, 1.807) is 0 Å². The average molecular weight is 351 g/mol. The second-order valence-corrected chi connectivity index (χ2v) is 7.37. The standard InChI is InChI=1S/C19H25N7/c1-12-13(5-4-6-14(12)21-3)16-17-18(25-24-16)23-15(11-22-17)26-9-7-19(2,20)8-10-26/h4-6,11,21H,7-10,20H2,1-3H3,(H,23,24,25). The summed E-state index contributed by atoms with van der Waals surface area (Å²) in [4.78, 5) is 11.6. The Morgan fingerprint density at radius 2 is 2.04 bits per heavy atom. The Hall–Kier alpha value is -2.67. The number of aromatic nitrogens is 4. The Morgan fingerprint density at radius 1 is 1.27 bits per heavy atom. The van der Waals surface area contributed by atoms with E-state index in [0.29, 0.717) is 5.65 Å². The van der Waals surface area contributed by atoms with E-state index >= 15 is 0 Å². The summed E-state index contributed by atoms with van der Waals surface area (Å²) in [6.45, 7) is 6.00. The molecule has 3 heterocycles. The van der Waals surface area contributed by atoms with Gasteiger partial charge in [0.15, 0.2) is 0 Å². The van der Waals surface area contributed by atoms with Crippen LogP contribution in [0.1, 0.15) is 25.3 Å². The molecular formula is C19H25N7. The van der Waals surface area contributed by atoms with Gasteiger partial charge in [0, 0.05) is 36.9 Å². The van der Waals surface area contributed by atoms with Crippen LogP contribution in [-0.4, -0.2) is 45.8 Å². The number of rotatable bonds is 3. The lowest BCUT2D eigenvalue weighted by Crippen LogP contribution is -2.48. The predicted molar refractivity (Wildman–Crippen MR) is 105 cm³/mol. The molecule has 0 saturated carbocycles. The van der Waals surface area contributed by atoms with Crippen molar-refractivity contribution in [3.05, 3.63) is 30.0 Å². The van der Waals surface area contributed by atoms with Crippen LogP contribution >= 0.6 is 0 Å². The molecule has 3 aromatic rings. The normalized spacial score (nSPS) is 16.8. The molecule has 136 valence electrons. The number of nitrogens with one attached hydrogen (secondary N) is 2. The van der Waals surface area contributed by atoms with Crippen LogP contribution in [0.3, 0.4) is 0 Å². The minimum Gasteiger partial charge on any atom is -0.388 e. The van der Waals surface area contributed by atoms with Gasteiger partial charge in [0.25, 0.3) is 0 Å². The molecule has 7 heteroatoms. The monoisotopic (exact) mass is 351 g/mol. The molecule has 1 aliphatic heterocycles. The van der Waals surface area contributed by atoms with E-state index < -0.39 is 0 Å². The molecule has 26 heavy (non-hydrogen) atoms. The maximum Gasteiger partial charge on any atom is 0.202 e. The van der Waals surface area contributed by atoms with Gasteiger partial charge in [-0.2, -0.15) is 5.10 Å². The van der Waals surface area contributed by atoms with Crippen molar-refractivity contribution in [2.24, 2.45) is 5.73 Å². The molecule has 4 rings (SSSR count). The van der Waals surface area contributed by atoms with Crippen LogP contribution in [0.4, 0.5) is 11.5 Å². The van der Waals surface area contributed by atoms with Crippen molar-refractivity contribution in [1.82, 2.24) is 20.2 Å². The van der Waals surface area contributed by atoms with Gasteiger partial charge in [-0.25, -0.2) is 9.97 Å². The number of hydrogen-bond acceptors (Lipinski definition) is 6. The number of nitrogens with zero attached hydrogens (tertiary/aromatic N) is 4. The van der Waals surface area contributed by atoms with Crippen molar-refractivity contribution in [1.29, 1.82) is 0 Å². The Morgan fingerprint density at radius 3 is 2.77 bits per heavy atom. The number of benzene rings is 1. The first-order valence-corrected chi connectivity index (χ1v) is 9.01. The molecule has 0 unspecified atom stereocenters. The third-order valence-corrected chi connectivity index (χ3v) is 5.35. The van der Waals surface area contributed by atoms with E-state index in [-0.39, 0.29) is 5.54 Å². The lowest BCUT2D eigenvalue weighted by Gasteiger charge is -2.37. The molecular weight excluding hydrogens is 326 g/mol. The van der Waals surface area contributed by atoms with Crippen LogP contribution in [0, 0.1) is 6.92 Å². The highest BCUT2D eigenvalue weighted by molar-refractivity contribution is 5.90. The quantitative estimate of drug-likeness (QED) is 0.671. The SMILES string of the molecule is CNc1cccc(-c2[nH]nc3nc(N4CCC(C)(N)CC4)cnc23)c1C. The van der Waals surface area contributed by atoms with Crippen molar-refractivity contribution < 1.29 is 0 Å². The molecule has 7 nitrogen and oxygen atoms in total. The summed E-state index contributed by atoms with van der Waals surface area (Å²) in [5.41, 5.74) is 11.8. The molecule has 1 aromatic carbocycles. The lowest BCUT2D eigenvalue weighted by atomic mass is 9.91. The van der Waals surface area contributed by atoms with E-state index in [9.17, 15) is 0 Å². The Labute approximate surface area is 153 Å². The molecule has 0 spiro atoms. The van der Waals surface area contributed by atoms with Crippen molar-refractivity contribution >= 4 is 22.7 Å². The molecule has 1 saturated heterocycles. The van der Waals surface area contributed by atoms with Gasteiger partial charge >= 0.3 is 0 Å². The van der Waals surface area contributed by atoms with Crippen molar-refractivity contribution in [2.75, 3.05) is 30.4 Å². The molecule has 0 bridgehead atoms. The van der Waals surface area contributed by atoms with E-state index in [4.69, 9.17) is 10.7 Å². The van der Waals surface area contributed by atoms with Crippen molar-refractivity contribution in [2.45, 2.75) is 32.2 Å². The van der Waals surface area contributed by atoms with E-state index in [2.05, 4.69) is 51.4 Å². The van der Waals surface area contributed by atoms with Crippen LogP contribution < -0.4 is 16.0 Å². The van der Waals surface area contributed by atoms with Crippen LogP contribution in [-0.2, 0) is 0 Å². The maximum absolute atomic E-state index is 6.23. The summed E-state index contributed by atoms with van der Waals surface area (Å²) in [6, 6.07) is 6.16. The van der Waals surface area contributed by atoms with E-state index in [0.717, 1.165) is 59.8 Å². The number of piperidine rings is 1. The topological polar surface area (TPSA) is 95.8 Å². The minimum absolute atomic E-state index is 0.0800. The largest absolute Gasteiger partial charge is 0.388 e. The van der Waals surface area contributed by atoms with E-state index in [1.165, 1.54) is 0 Å². The Kier molecular flexibility index (Phi) is 4.03. The fraction of sp³-hybridized carbons (Fsp3) is 0.421. The van der Waals surface area contributed by atoms with Gasteiger partial charge in [-0.1, -0.05) is 12.1 Å². The fourth-order valence-corrected chi connectivity index (χ4v) is 3.55. The Balaban J connectivity index is 1.69.